The standard InChI is InChI=1S/C15H15NO4/c1-2-13-12(7-8-20-13)15(19)16-11-5-3-10(4-6-11)9-14(17)18/h3-8H,2,9H2,1H3,(H,16,19)(H,17,18). The Balaban J connectivity index is 2.06. The van der Waals surface area contributed by atoms with Crippen LogP contribution >= 0.6 is 0 Å². The van der Waals surface area contributed by atoms with Crippen LogP contribution in [0.15, 0.2) is 41.0 Å². The summed E-state index contributed by atoms with van der Waals surface area (Å²) in [6.07, 6.45) is 2.10. The van der Waals surface area contributed by atoms with Gasteiger partial charge in [-0.1, -0.05) is 19.1 Å². The van der Waals surface area contributed by atoms with Gasteiger partial charge in [-0.15, -0.1) is 0 Å². The minimum Gasteiger partial charge on any atom is -0.481 e. The van der Waals surface area contributed by atoms with E-state index >= 15 is 0 Å². The average Bonchev–Trinajstić information content (AvgIpc) is 2.89. The lowest BCUT2D eigenvalue weighted by Crippen LogP contribution is -2.12. The van der Waals surface area contributed by atoms with Gasteiger partial charge in [0.05, 0.1) is 18.2 Å². The second-order valence-corrected chi connectivity index (χ2v) is 4.33. The molecular weight excluding hydrogens is 258 g/mol. The molecule has 0 spiro atoms. The third kappa shape index (κ3) is 3.26. The number of aryl methyl sites for hydroxylation is 1. The molecule has 0 aliphatic heterocycles. The normalized spacial score (nSPS) is 10.2. The summed E-state index contributed by atoms with van der Waals surface area (Å²) in [7, 11) is 0. The Bertz CT molecular complexity index is 613. The van der Waals surface area contributed by atoms with Gasteiger partial charge in [-0.05, 0) is 23.8 Å². The van der Waals surface area contributed by atoms with Crippen LogP contribution < -0.4 is 5.32 Å². The Morgan fingerprint density at radius 2 is 1.90 bits per heavy atom. The fourth-order valence-corrected chi connectivity index (χ4v) is 1.90. The summed E-state index contributed by atoms with van der Waals surface area (Å²) in [5.41, 5.74) is 1.82. The van der Waals surface area contributed by atoms with Crippen molar-refractivity contribution in [1.82, 2.24) is 0 Å². The highest BCUT2D eigenvalue weighted by Crippen LogP contribution is 2.15. The van der Waals surface area contributed by atoms with Gasteiger partial charge in [0.15, 0.2) is 0 Å². The van der Waals surface area contributed by atoms with E-state index in [0.717, 1.165) is 0 Å². The second-order valence-electron chi connectivity index (χ2n) is 4.33. The molecule has 2 rings (SSSR count). The number of anilines is 1. The number of furan rings is 1. The molecule has 0 bridgehead atoms. The van der Waals surface area contributed by atoms with Crippen LogP contribution in [0.5, 0.6) is 0 Å². The molecule has 2 N–H and O–H groups in total. The zero-order valence-corrected chi connectivity index (χ0v) is 11.1. The van der Waals surface area contributed by atoms with Crippen LogP contribution in [0.2, 0.25) is 0 Å². The van der Waals surface area contributed by atoms with Crippen molar-refractivity contribution in [3.8, 4) is 0 Å². The maximum atomic E-state index is 12.1. The number of carbonyl (C=O) groups excluding carboxylic acids is 1. The summed E-state index contributed by atoms with van der Waals surface area (Å²) in [5, 5.41) is 11.4. The number of hydrogen-bond acceptors (Lipinski definition) is 3. The number of carboxylic acids is 1. The lowest BCUT2D eigenvalue weighted by atomic mass is 10.1. The zero-order chi connectivity index (χ0) is 14.5. The maximum absolute atomic E-state index is 12.1. The molecule has 2 aromatic rings. The van der Waals surface area contributed by atoms with Crippen LogP contribution in [0.25, 0.3) is 0 Å². The Morgan fingerprint density at radius 3 is 2.50 bits per heavy atom. The third-order valence-electron chi connectivity index (χ3n) is 2.88. The van der Waals surface area contributed by atoms with Crippen molar-refractivity contribution in [3.63, 3.8) is 0 Å². The van der Waals surface area contributed by atoms with Crippen molar-refractivity contribution < 1.29 is 19.1 Å². The number of benzene rings is 1. The van der Waals surface area contributed by atoms with E-state index in [4.69, 9.17) is 9.52 Å². The molecule has 1 aromatic heterocycles. The molecule has 20 heavy (non-hydrogen) atoms. The molecule has 0 fully saturated rings. The number of aliphatic carboxylic acids is 1. The van der Waals surface area contributed by atoms with E-state index in [9.17, 15) is 9.59 Å². The number of carbonyl (C=O) groups is 2. The van der Waals surface area contributed by atoms with Crippen LogP contribution in [0.3, 0.4) is 0 Å². The molecule has 104 valence electrons. The van der Waals surface area contributed by atoms with E-state index < -0.39 is 5.97 Å². The molecule has 1 heterocycles. The molecule has 0 aliphatic carbocycles. The number of nitrogens with one attached hydrogen (secondary N) is 1. The van der Waals surface area contributed by atoms with Gasteiger partial charge >= 0.3 is 5.97 Å². The van der Waals surface area contributed by atoms with Crippen molar-refractivity contribution in [2.75, 3.05) is 5.32 Å². The molecule has 0 saturated carbocycles. The lowest BCUT2D eigenvalue weighted by Gasteiger charge is -2.05. The predicted octanol–water partition coefficient (Wildman–Crippen LogP) is 2.72. The molecular formula is C15H15NO4. The van der Waals surface area contributed by atoms with E-state index in [1.54, 1.807) is 30.3 Å². The van der Waals surface area contributed by atoms with Crippen molar-refractivity contribution in [2.24, 2.45) is 0 Å². The van der Waals surface area contributed by atoms with Gasteiger partial charge in [0, 0.05) is 12.1 Å². The number of rotatable bonds is 5. The quantitative estimate of drug-likeness (QED) is 0.877. The average molecular weight is 273 g/mol. The summed E-state index contributed by atoms with van der Waals surface area (Å²) >= 11 is 0. The van der Waals surface area contributed by atoms with Crippen LogP contribution in [0.4, 0.5) is 5.69 Å². The first kappa shape index (κ1) is 13.9. The smallest absolute Gasteiger partial charge is 0.307 e. The number of amides is 1. The summed E-state index contributed by atoms with van der Waals surface area (Å²) in [6, 6.07) is 8.36. The van der Waals surface area contributed by atoms with Gasteiger partial charge in [0.2, 0.25) is 0 Å². The van der Waals surface area contributed by atoms with Gasteiger partial charge in [-0.25, -0.2) is 0 Å². The Morgan fingerprint density at radius 1 is 1.20 bits per heavy atom. The van der Waals surface area contributed by atoms with Crippen LogP contribution in [-0.2, 0) is 17.6 Å². The van der Waals surface area contributed by atoms with Gasteiger partial charge < -0.3 is 14.8 Å². The number of hydrogen-bond donors (Lipinski definition) is 2. The van der Waals surface area contributed by atoms with Gasteiger partial charge in [0.25, 0.3) is 5.91 Å². The zero-order valence-electron chi connectivity index (χ0n) is 11.1. The van der Waals surface area contributed by atoms with Gasteiger partial charge in [-0.3, -0.25) is 9.59 Å². The molecule has 1 amide bonds. The van der Waals surface area contributed by atoms with E-state index in [2.05, 4.69) is 5.32 Å². The Kier molecular flexibility index (Phi) is 4.20. The molecule has 5 heteroatoms. The highest BCUT2D eigenvalue weighted by molar-refractivity contribution is 6.04. The fourth-order valence-electron chi connectivity index (χ4n) is 1.90. The van der Waals surface area contributed by atoms with Crippen LogP contribution in [-0.4, -0.2) is 17.0 Å². The summed E-state index contributed by atoms with van der Waals surface area (Å²) in [6.45, 7) is 1.91. The molecule has 0 aliphatic rings. The first-order valence-corrected chi connectivity index (χ1v) is 6.28. The van der Waals surface area contributed by atoms with E-state index in [0.29, 0.717) is 29.0 Å². The SMILES string of the molecule is CCc1occc1C(=O)Nc1ccc(CC(=O)O)cc1. The van der Waals surface area contributed by atoms with Crippen LogP contribution in [0.1, 0.15) is 28.6 Å². The molecule has 5 nitrogen and oxygen atoms in total. The summed E-state index contributed by atoms with van der Waals surface area (Å²) in [4.78, 5) is 22.6. The maximum Gasteiger partial charge on any atom is 0.307 e. The van der Waals surface area contributed by atoms with E-state index in [-0.39, 0.29) is 12.3 Å². The highest BCUT2D eigenvalue weighted by atomic mass is 16.4. The molecule has 1 aromatic carbocycles. The Hall–Kier alpha value is -2.56. The molecule has 0 saturated heterocycles. The minimum atomic E-state index is -0.882. The third-order valence-corrected chi connectivity index (χ3v) is 2.88. The predicted molar refractivity (Wildman–Crippen MR) is 73.8 cm³/mol. The summed E-state index contributed by atoms with van der Waals surface area (Å²) < 4.78 is 5.21. The van der Waals surface area contributed by atoms with Crippen molar-refractivity contribution in [3.05, 3.63) is 53.5 Å². The topological polar surface area (TPSA) is 79.5 Å². The van der Waals surface area contributed by atoms with E-state index in [1.165, 1.54) is 6.26 Å². The molecule has 0 radical (unpaired) electrons. The number of carboxylic acid groups (broad SMARTS) is 1. The summed E-state index contributed by atoms with van der Waals surface area (Å²) in [5.74, 6) is -0.473. The minimum absolute atomic E-state index is 0.0318. The second kappa shape index (κ2) is 6.06. The largest absolute Gasteiger partial charge is 0.481 e. The first-order chi connectivity index (χ1) is 9.60. The molecule has 0 atom stereocenters. The van der Waals surface area contributed by atoms with Gasteiger partial charge in [-0.2, -0.15) is 0 Å². The van der Waals surface area contributed by atoms with Crippen molar-refractivity contribution in [2.45, 2.75) is 19.8 Å². The lowest BCUT2D eigenvalue weighted by molar-refractivity contribution is -0.136. The first-order valence-electron chi connectivity index (χ1n) is 6.28. The van der Waals surface area contributed by atoms with Gasteiger partial charge in [0.1, 0.15) is 5.76 Å². The monoisotopic (exact) mass is 273 g/mol. The van der Waals surface area contributed by atoms with Crippen LogP contribution in [0, 0.1) is 0 Å². The Labute approximate surface area is 116 Å². The fraction of sp³-hybridized carbons (Fsp3) is 0.200. The van der Waals surface area contributed by atoms with Crippen molar-refractivity contribution in [1.29, 1.82) is 0 Å². The van der Waals surface area contributed by atoms with Crippen molar-refractivity contribution >= 4 is 17.6 Å². The highest BCUT2D eigenvalue weighted by Gasteiger charge is 2.13. The van der Waals surface area contributed by atoms with E-state index in [1.807, 2.05) is 6.92 Å². The molecule has 0 unspecified atom stereocenters.